The molecule has 1 aliphatic heterocycles. The van der Waals surface area contributed by atoms with E-state index in [4.69, 9.17) is 4.74 Å². The monoisotopic (exact) mass is 296 g/mol. The fourth-order valence-electron chi connectivity index (χ4n) is 2.04. The average molecular weight is 296 g/mol. The molecule has 0 unspecified atom stereocenters. The number of hydrogen-bond donors (Lipinski definition) is 1. The average Bonchev–Trinajstić information content (AvgIpc) is 2.90. The summed E-state index contributed by atoms with van der Waals surface area (Å²) in [7, 11) is 0. The Morgan fingerprint density at radius 1 is 1.50 bits per heavy atom. The van der Waals surface area contributed by atoms with Crippen molar-refractivity contribution in [1.82, 2.24) is 10.2 Å². The molecule has 1 aliphatic rings. The first kappa shape index (κ1) is 15.0. The minimum absolute atomic E-state index is 0.0281. The SMILES string of the molecule is CCOCCCNC(=O)C1CN(C(=O)c2cccs2)C1. The summed E-state index contributed by atoms with van der Waals surface area (Å²) in [5.41, 5.74) is 0. The Morgan fingerprint density at radius 3 is 2.95 bits per heavy atom. The van der Waals surface area contributed by atoms with Crippen LogP contribution in [0.4, 0.5) is 0 Å². The van der Waals surface area contributed by atoms with Crippen molar-refractivity contribution < 1.29 is 14.3 Å². The van der Waals surface area contributed by atoms with E-state index in [1.165, 1.54) is 11.3 Å². The highest BCUT2D eigenvalue weighted by atomic mass is 32.1. The van der Waals surface area contributed by atoms with Crippen LogP contribution in [0.25, 0.3) is 0 Å². The summed E-state index contributed by atoms with van der Waals surface area (Å²) < 4.78 is 5.20. The first-order valence-electron chi connectivity index (χ1n) is 6.90. The van der Waals surface area contributed by atoms with Crippen LogP contribution in [0.3, 0.4) is 0 Å². The molecular formula is C14H20N2O3S. The van der Waals surface area contributed by atoms with Crippen molar-refractivity contribution >= 4 is 23.2 Å². The van der Waals surface area contributed by atoms with Gasteiger partial charge in [0.25, 0.3) is 5.91 Å². The van der Waals surface area contributed by atoms with Gasteiger partial charge in [-0.15, -0.1) is 11.3 Å². The van der Waals surface area contributed by atoms with Crippen molar-refractivity contribution in [3.8, 4) is 0 Å². The summed E-state index contributed by atoms with van der Waals surface area (Å²) in [4.78, 5) is 26.3. The lowest BCUT2D eigenvalue weighted by molar-refractivity contribution is -0.129. The Labute approximate surface area is 122 Å². The number of carbonyl (C=O) groups is 2. The Kier molecular flexibility index (Phi) is 5.55. The molecule has 1 saturated heterocycles. The minimum Gasteiger partial charge on any atom is -0.382 e. The molecule has 1 aromatic heterocycles. The molecule has 0 saturated carbocycles. The molecule has 0 atom stereocenters. The second kappa shape index (κ2) is 7.40. The summed E-state index contributed by atoms with van der Waals surface area (Å²) in [5.74, 6) is 0.00290. The van der Waals surface area contributed by atoms with Crippen molar-refractivity contribution in [2.75, 3.05) is 32.8 Å². The van der Waals surface area contributed by atoms with Gasteiger partial charge in [-0.1, -0.05) is 6.07 Å². The van der Waals surface area contributed by atoms with Gasteiger partial charge in [0.2, 0.25) is 5.91 Å². The first-order valence-corrected chi connectivity index (χ1v) is 7.78. The summed E-state index contributed by atoms with van der Waals surface area (Å²) in [6.45, 7) is 5.00. The normalized spacial score (nSPS) is 14.9. The Balaban J connectivity index is 1.63. The minimum atomic E-state index is -0.0639. The molecule has 20 heavy (non-hydrogen) atoms. The Hall–Kier alpha value is -1.40. The lowest BCUT2D eigenvalue weighted by Crippen LogP contribution is -2.55. The van der Waals surface area contributed by atoms with Crippen LogP contribution >= 0.6 is 11.3 Å². The first-order chi connectivity index (χ1) is 9.72. The van der Waals surface area contributed by atoms with E-state index in [0.717, 1.165) is 11.3 Å². The van der Waals surface area contributed by atoms with Gasteiger partial charge >= 0.3 is 0 Å². The topological polar surface area (TPSA) is 58.6 Å². The molecule has 0 bridgehead atoms. The molecule has 0 spiro atoms. The van der Waals surface area contributed by atoms with E-state index in [1.54, 1.807) is 4.90 Å². The molecule has 5 nitrogen and oxygen atoms in total. The van der Waals surface area contributed by atoms with E-state index < -0.39 is 0 Å². The summed E-state index contributed by atoms with van der Waals surface area (Å²) >= 11 is 1.43. The molecule has 0 radical (unpaired) electrons. The van der Waals surface area contributed by atoms with Crippen LogP contribution in [-0.4, -0.2) is 49.6 Å². The lowest BCUT2D eigenvalue weighted by atomic mass is 9.99. The van der Waals surface area contributed by atoms with Gasteiger partial charge < -0.3 is 15.0 Å². The molecule has 1 N–H and O–H groups in total. The fourth-order valence-corrected chi connectivity index (χ4v) is 2.73. The van der Waals surface area contributed by atoms with E-state index in [1.807, 2.05) is 24.4 Å². The molecule has 1 aromatic rings. The van der Waals surface area contributed by atoms with Crippen molar-refractivity contribution in [3.63, 3.8) is 0 Å². The number of rotatable bonds is 7. The van der Waals surface area contributed by atoms with Crippen molar-refractivity contribution in [2.24, 2.45) is 5.92 Å². The van der Waals surface area contributed by atoms with E-state index in [9.17, 15) is 9.59 Å². The van der Waals surface area contributed by atoms with Crippen LogP contribution in [0.5, 0.6) is 0 Å². The van der Waals surface area contributed by atoms with Crippen molar-refractivity contribution in [1.29, 1.82) is 0 Å². The fraction of sp³-hybridized carbons (Fsp3) is 0.571. The predicted octanol–water partition coefficient (Wildman–Crippen LogP) is 1.36. The number of nitrogens with one attached hydrogen (secondary N) is 1. The molecule has 0 aromatic carbocycles. The van der Waals surface area contributed by atoms with Crippen LogP contribution in [0.1, 0.15) is 23.0 Å². The maximum Gasteiger partial charge on any atom is 0.263 e. The molecule has 0 aliphatic carbocycles. The van der Waals surface area contributed by atoms with E-state index in [-0.39, 0.29) is 17.7 Å². The quantitative estimate of drug-likeness (QED) is 0.773. The second-order valence-corrected chi connectivity index (χ2v) is 5.67. The third-order valence-corrected chi connectivity index (χ3v) is 4.10. The third-order valence-electron chi connectivity index (χ3n) is 3.24. The van der Waals surface area contributed by atoms with E-state index in [2.05, 4.69) is 5.32 Å². The van der Waals surface area contributed by atoms with Gasteiger partial charge in [-0.05, 0) is 24.8 Å². The van der Waals surface area contributed by atoms with Gasteiger partial charge in [-0.3, -0.25) is 9.59 Å². The molecular weight excluding hydrogens is 276 g/mol. The standard InChI is InChI=1S/C14H20N2O3S/c1-2-19-7-4-6-15-13(17)11-9-16(10-11)14(18)12-5-3-8-20-12/h3,5,8,11H,2,4,6-7,9-10H2,1H3,(H,15,17). The second-order valence-electron chi connectivity index (χ2n) is 4.73. The van der Waals surface area contributed by atoms with Gasteiger partial charge in [0.15, 0.2) is 0 Å². The maximum absolute atomic E-state index is 12.0. The highest BCUT2D eigenvalue weighted by Crippen LogP contribution is 2.21. The Morgan fingerprint density at radius 2 is 2.30 bits per heavy atom. The van der Waals surface area contributed by atoms with Crippen LogP contribution in [-0.2, 0) is 9.53 Å². The van der Waals surface area contributed by atoms with Gasteiger partial charge in [0.05, 0.1) is 10.8 Å². The van der Waals surface area contributed by atoms with E-state index >= 15 is 0 Å². The molecule has 2 rings (SSSR count). The van der Waals surface area contributed by atoms with Crippen LogP contribution in [0, 0.1) is 5.92 Å². The molecule has 2 heterocycles. The smallest absolute Gasteiger partial charge is 0.263 e. The number of ether oxygens (including phenoxy) is 1. The molecule has 6 heteroatoms. The number of amides is 2. The van der Waals surface area contributed by atoms with E-state index in [0.29, 0.717) is 32.8 Å². The number of thiophene rings is 1. The lowest BCUT2D eigenvalue weighted by Gasteiger charge is -2.37. The number of nitrogens with zero attached hydrogens (tertiary/aromatic N) is 1. The van der Waals surface area contributed by atoms with Gasteiger partial charge in [0.1, 0.15) is 0 Å². The summed E-state index contributed by atoms with van der Waals surface area (Å²) in [6, 6.07) is 3.67. The van der Waals surface area contributed by atoms with Gasteiger partial charge in [-0.2, -0.15) is 0 Å². The maximum atomic E-state index is 12.0. The summed E-state index contributed by atoms with van der Waals surface area (Å²) in [5, 5.41) is 4.77. The predicted molar refractivity (Wildman–Crippen MR) is 77.8 cm³/mol. The zero-order chi connectivity index (χ0) is 14.4. The summed E-state index contributed by atoms with van der Waals surface area (Å²) in [6.07, 6.45) is 0.824. The molecule has 2 amide bonds. The number of carbonyl (C=O) groups excluding carboxylic acids is 2. The number of hydrogen-bond acceptors (Lipinski definition) is 4. The zero-order valence-corrected chi connectivity index (χ0v) is 12.4. The highest BCUT2D eigenvalue weighted by molar-refractivity contribution is 7.12. The van der Waals surface area contributed by atoms with Gasteiger partial charge in [-0.25, -0.2) is 0 Å². The van der Waals surface area contributed by atoms with Crippen LogP contribution in [0.15, 0.2) is 17.5 Å². The van der Waals surface area contributed by atoms with Crippen molar-refractivity contribution in [2.45, 2.75) is 13.3 Å². The third kappa shape index (κ3) is 3.80. The zero-order valence-electron chi connectivity index (χ0n) is 11.6. The van der Waals surface area contributed by atoms with Crippen molar-refractivity contribution in [3.05, 3.63) is 22.4 Å². The van der Waals surface area contributed by atoms with Crippen LogP contribution in [0.2, 0.25) is 0 Å². The molecule has 1 fully saturated rings. The Bertz CT molecular complexity index is 441. The molecule has 110 valence electrons. The largest absolute Gasteiger partial charge is 0.382 e. The van der Waals surface area contributed by atoms with Gasteiger partial charge in [0, 0.05) is 32.8 Å². The highest BCUT2D eigenvalue weighted by Gasteiger charge is 2.35. The number of likely N-dealkylation sites (tertiary alicyclic amines) is 1. The van der Waals surface area contributed by atoms with Crippen LogP contribution < -0.4 is 5.32 Å².